The number of urea groups is 1. The van der Waals surface area contributed by atoms with Crippen LogP contribution in [0.25, 0.3) is 11.5 Å². The zero-order valence-corrected chi connectivity index (χ0v) is 22.0. The van der Waals surface area contributed by atoms with Crippen LogP contribution in [0.3, 0.4) is 0 Å². The van der Waals surface area contributed by atoms with Gasteiger partial charge in [0.15, 0.2) is 17.4 Å². The molecule has 2 amide bonds. The van der Waals surface area contributed by atoms with Crippen LogP contribution in [0.4, 0.5) is 14.9 Å². The highest BCUT2D eigenvalue weighted by atomic mass is 19.1. The number of anilines is 1. The van der Waals surface area contributed by atoms with Crippen LogP contribution in [0.1, 0.15) is 16.7 Å². The van der Waals surface area contributed by atoms with E-state index in [2.05, 4.69) is 31.0 Å². The summed E-state index contributed by atoms with van der Waals surface area (Å²) < 4.78 is 22.4. The highest BCUT2D eigenvalue weighted by Gasteiger charge is 2.13. The molecule has 0 radical (unpaired) electrons. The molecule has 202 valence electrons. The molecule has 2 aromatic heterocycles. The van der Waals surface area contributed by atoms with Gasteiger partial charge in [-0.2, -0.15) is 5.10 Å². The van der Waals surface area contributed by atoms with Gasteiger partial charge in [0.05, 0.1) is 6.21 Å². The number of aromatic nitrogens is 4. The van der Waals surface area contributed by atoms with Gasteiger partial charge in [0, 0.05) is 37.1 Å². The van der Waals surface area contributed by atoms with Gasteiger partial charge in [-0.1, -0.05) is 0 Å². The number of ether oxygens (including phenoxy) is 1. The first kappa shape index (κ1) is 27.2. The molecule has 4 rings (SSSR count). The predicted molar refractivity (Wildman–Crippen MR) is 146 cm³/mol. The number of hydrogen-bond donors (Lipinski definition) is 3. The van der Waals surface area contributed by atoms with Crippen LogP contribution in [0.5, 0.6) is 17.2 Å². The number of nitrogens with zero attached hydrogens (tertiary/aromatic N) is 6. The average molecular weight is 533 g/mol. The number of amides is 2. The molecule has 0 aliphatic rings. The van der Waals surface area contributed by atoms with Crippen molar-refractivity contribution in [2.45, 2.75) is 20.4 Å². The zero-order chi connectivity index (χ0) is 27.9. The van der Waals surface area contributed by atoms with Crippen molar-refractivity contribution in [2.75, 3.05) is 26.0 Å². The van der Waals surface area contributed by atoms with Crippen LogP contribution in [-0.2, 0) is 6.54 Å². The van der Waals surface area contributed by atoms with E-state index in [0.717, 1.165) is 12.6 Å². The molecular formula is C27H29FN8O3. The van der Waals surface area contributed by atoms with Crippen molar-refractivity contribution in [3.63, 3.8) is 0 Å². The molecule has 0 unspecified atom stereocenters. The van der Waals surface area contributed by atoms with E-state index in [1.54, 1.807) is 50.6 Å². The summed E-state index contributed by atoms with van der Waals surface area (Å²) in [6.07, 6.45) is 4.63. The molecule has 3 N–H and O–H groups in total. The third-order valence-electron chi connectivity index (χ3n) is 5.67. The number of phenols is 1. The van der Waals surface area contributed by atoms with Crippen molar-refractivity contribution >= 4 is 17.9 Å². The highest BCUT2D eigenvalue weighted by molar-refractivity contribution is 5.90. The van der Waals surface area contributed by atoms with Gasteiger partial charge in [0.25, 0.3) is 0 Å². The second-order valence-corrected chi connectivity index (χ2v) is 9.10. The first-order chi connectivity index (χ1) is 18.7. The van der Waals surface area contributed by atoms with E-state index in [-0.39, 0.29) is 17.2 Å². The van der Waals surface area contributed by atoms with Gasteiger partial charge in [-0.05, 0) is 75.0 Å². The number of aryl methyl sites for hydroxylation is 2. The third-order valence-corrected chi connectivity index (χ3v) is 5.67. The summed E-state index contributed by atoms with van der Waals surface area (Å²) in [6, 6.07) is 10.2. The number of hydrazone groups is 1. The monoisotopic (exact) mass is 532 g/mol. The van der Waals surface area contributed by atoms with Crippen molar-refractivity contribution in [2.24, 2.45) is 5.10 Å². The van der Waals surface area contributed by atoms with Gasteiger partial charge in [0.2, 0.25) is 0 Å². The van der Waals surface area contributed by atoms with Crippen LogP contribution in [-0.4, -0.2) is 62.6 Å². The van der Waals surface area contributed by atoms with E-state index < -0.39 is 11.8 Å². The fourth-order valence-electron chi connectivity index (χ4n) is 3.70. The Morgan fingerprint density at radius 2 is 1.95 bits per heavy atom. The quantitative estimate of drug-likeness (QED) is 0.216. The molecule has 0 spiro atoms. The van der Waals surface area contributed by atoms with Gasteiger partial charge in [0.1, 0.15) is 23.5 Å². The molecule has 0 fully saturated rings. The number of halogens is 1. The molecule has 39 heavy (non-hydrogen) atoms. The molecule has 0 bridgehead atoms. The number of hydrogen-bond acceptors (Lipinski definition) is 8. The normalized spacial score (nSPS) is 11.2. The summed E-state index contributed by atoms with van der Waals surface area (Å²) in [5, 5.41) is 24.4. The number of phenolic OH excluding ortho intramolecular Hbond substituents is 1. The van der Waals surface area contributed by atoms with Crippen LogP contribution in [0, 0.1) is 19.7 Å². The van der Waals surface area contributed by atoms with Crippen LogP contribution < -0.4 is 15.5 Å². The molecule has 4 aromatic rings. The molecule has 2 aromatic carbocycles. The second-order valence-electron chi connectivity index (χ2n) is 9.10. The third kappa shape index (κ3) is 7.14. The fraction of sp³-hybridized carbons (Fsp3) is 0.222. The first-order valence-corrected chi connectivity index (χ1v) is 12.1. The molecule has 0 aliphatic carbocycles. The van der Waals surface area contributed by atoms with Crippen molar-refractivity contribution in [1.82, 2.24) is 30.1 Å². The van der Waals surface area contributed by atoms with Gasteiger partial charge in [-0.15, -0.1) is 10.2 Å². The van der Waals surface area contributed by atoms with E-state index in [4.69, 9.17) is 4.74 Å². The van der Waals surface area contributed by atoms with Crippen molar-refractivity contribution in [3.8, 4) is 28.8 Å². The Kier molecular flexibility index (Phi) is 8.46. The molecule has 2 heterocycles. The summed E-state index contributed by atoms with van der Waals surface area (Å²) in [5.74, 6) is 0.471. The Hall–Kier alpha value is -4.84. The summed E-state index contributed by atoms with van der Waals surface area (Å²) in [6.45, 7) is 5.03. The minimum Gasteiger partial charge on any atom is -0.507 e. The van der Waals surface area contributed by atoms with Gasteiger partial charge < -0.3 is 24.6 Å². The number of aromatic hydroxyl groups is 1. The lowest BCUT2D eigenvalue weighted by atomic mass is 10.1. The Morgan fingerprint density at radius 1 is 1.18 bits per heavy atom. The summed E-state index contributed by atoms with van der Waals surface area (Å²) >= 11 is 0. The topological polar surface area (TPSA) is 130 Å². The van der Waals surface area contributed by atoms with E-state index in [1.165, 1.54) is 18.3 Å². The van der Waals surface area contributed by atoms with Gasteiger partial charge >= 0.3 is 6.03 Å². The van der Waals surface area contributed by atoms with Crippen molar-refractivity contribution in [1.29, 1.82) is 0 Å². The number of likely N-dealkylation sites (N-methyl/N-ethyl adjacent to an activating group) is 1. The van der Waals surface area contributed by atoms with E-state index >= 15 is 0 Å². The number of nitrogens with one attached hydrogen (secondary N) is 2. The molecule has 12 heteroatoms. The minimum atomic E-state index is -0.668. The standard InChI is InChI=1S/C27H29FN8O3/c1-17-11-19(12-18(2)25(17)37)15-30-34-27(38)32-20-5-6-24(22(28)13-20)39-21-7-8-29-23(14-21)26-33-31-16-36(26)10-9-35(3)4/h5-8,11-16,37H,9-10H2,1-4H3,(H2,32,34,38)/b30-15+. The Bertz CT molecular complexity index is 1480. The smallest absolute Gasteiger partial charge is 0.339 e. The number of carbonyl (C=O) groups excluding carboxylic acids is 1. The SMILES string of the molecule is Cc1cc(/C=N/NC(=O)Nc2ccc(Oc3ccnc(-c4nncn4CCN(C)C)c3)c(F)c2)cc(C)c1O. The Labute approximate surface area is 225 Å². The fourth-order valence-corrected chi connectivity index (χ4v) is 3.70. The molecule has 0 aliphatic heterocycles. The summed E-state index contributed by atoms with van der Waals surface area (Å²) in [5.41, 5.74) is 5.19. The minimum absolute atomic E-state index is 0.0247. The highest BCUT2D eigenvalue weighted by Crippen LogP contribution is 2.28. The number of benzene rings is 2. The largest absolute Gasteiger partial charge is 0.507 e. The maximum absolute atomic E-state index is 14.8. The maximum Gasteiger partial charge on any atom is 0.339 e. The molecule has 0 saturated carbocycles. The predicted octanol–water partition coefficient (Wildman–Crippen LogP) is 4.31. The zero-order valence-electron chi connectivity index (χ0n) is 22.0. The van der Waals surface area contributed by atoms with Crippen LogP contribution in [0.2, 0.25) is 0 Å². The van der Waals surface area contributed by atoms with Crippen LogP contribution >= 0.6 is 0 Å². The van der Waals surface area contributed by atoms with E-state index in [9.17, 15) is 14.3 Å². The molecule has 0 saturated heterocycles. The van der Waals surface area contributed by atoms with Crippen molar-refractivity contribution < 1.29 is 19.0 Å². The summed E-state index contributed by atoms with van der Waals surface area (Å²) in [4.78, 5) is 18.6. The van der Waals surface area contributed by atoms with E-state index in [1.807, 2.05) is 23.6 Å². The van der Waals surface area contributed by atoms with Crippen molar-refractivity contribution in [3.05, 3.63) is 77.5 Å². The average Bonchev–Trinajstić information content (AvgIpc) is 3.36. The van der Waals surface area contributed by atoms with Crippen LogP contribution in [0.15, 0.2) is 60.1 Å². The molecule has 11 nitrogen and oxygen atoms in total. The second kappa shape index (κ2) is 12.1. The number of pyridine rings is 1. The molecular weight excluding hydrogens is 503 g/mol. The number of rotatable bonds is 9. The van der Waals surface area contributed by atoms with Gasteiger partial charge in [-0.3, -0.25) is 4.98 Å². The first-order valence-electron chi connectivity index (χ1n) is 12.1. The summed E-state index contributed by atoms with van der Waals surface area (Å²) in [7, 11) is 3.96. The lowest BCUT2D eigenvalue weighted by molar-refractivity contribution is 0.252. The van der Waals surface area contributed by atoms with Gasteiger partial charge in [-0.25, -0.2) is 14.6 Å². The lowest BCUT2D eigenvalue weighted by Crippen LogP contribution is -2.24. The Balaban J connectivity index is 1.38. The molecule has 0 atom stereocenters. The lowest BCUT2D eigenvalue weighted by Gasteiger charge is -2.12. The maximum atomic E-state index is 14.8. The number of carbonyl (C=O) groups is 1. The Morgan fingerprint density at radius 3 is 2.67 bits per heavy atom. The van der Waals surface area contributed by atoms with E-state index in [0.29, 0.717) is 40.5 Å².